The van der Waals surface area contributed by atoms with Gasteiger partial charge in [0.2, 0.25) is 0 Å². The average molecular weight is 848 g/mol. The number of carbonyl (C=O) groups excluding carboxylic acids is 1. The Balaban J connectivity index is 0.00000544. The summed E-state index contributed by atoms with van der Waals surface area (Å²) >= 11 is 0. The van der Waals surface area contributed by atoms with Crippen LogP contribution in [0.5, 0.6) is 5.75 Å². The van der Waals surface area contributed by atoms with Crippen molar-refractivity contribution in [2.24, 2.45) is 11.8 Å². The van der Waals surface area contributed by atoms with Gasteiger partial charge in [0, 0.05) is 55.1 Å². The summed E-state index contributed by atoms with van der Waals surface area (Å²) in [7, 11) is 0. The van der Waals surface area contributed by atoms with E-state index in [0.29, 0.717) is 37.3 Å². The lowest BCUT2D eigenvalue weighted by atomic mass is 9.87. The fourth-order valence-corrected chi connectivity index (χ4v) is 8.64. The maximum atomic E-state index is 15.0. The summed E-state index contributed by atoms with van der Waals surface area (Å²) in [4.78, 5) is 35.0. The largest absolute Gasteiger partial charge is 0.493 e. The summed E-state index contributed by atoms with van der Waals surface area (Å²) in [6.45, 7) is 9.72. The van der Waals surface area contributed by atoms with Crippen molar-refractivity contribution in [1.29, 1.82) is 0 Å². The van der Waals surface area contributed by atoms with Crippen molar-refractivity contribution in [3.63, 3.8) is 0 Å². The van der Waals surface area contributed by atoms with Crippen LogP contribution in [-0.2, 0) is 26.4 Å². The first-order chi connectivity index (χ1) is 28.7. The van der Waals surface area contributed by atoms with Crippen LogP contribution in [0.2, 0.25) is 0 Å². The number of halogens is 3. The summed E-state index contributed by atoms with van der Waals surface area (Å²) in [5.74, 6) is -0.898. The lowest BCUT2D eigenvalue weighted by Gasteiger charge is -2.37. The predicted molar refractivity (Wildman–Crippen MR) is 224 cm³/mol. The van der Waals surface area contributed by atoms with Gasteiger partial charge in [0.25, 0.3) is 0 Å². The summed E-state index contributed by atoms with van der Waals surface area (Å²) in [6.07, 6.45) is 6.60. The molecule has 0 aliphatic carbocycles. The van der Waals surface area contributed by atoms with Crippen molar-refractivity contribution in [1.82, 2.24) is 34.4 Å². The van der Waals surface area contributed by atoms with Crippen molar-refractivity contribution in [3.8, 4) is 11.4 Å². The highest BCUT2D eigenvalue weighted by Gasteiger charge is 2.45. The number of hydrogen-bond donors (Lipinski definition) is 1. The average Bonchev–Trinajstić information content (AvgIpc) is 4.02. The molecule has 1 N–H and O–H groups in total. The normalized spacial score (nSPS) is 20.7. The number of hydrogen-bond acceptors (Lipinski definition) is 11. The number of carbonyl (C=O) groups is 1. The Labute approximate surface area is 353 Å². The van der Waals surface area contributed by atoms with E-state index in [4.69, 9.17) is 14.2 Å². The van der Waals surface area contributed by atoms with Crippen LogP contribution in [0.25, 0.3) is 5.69 Å². The number of nitrogens with one attached hydrogen (secondary N) is 1. The molecular weight excluding hydrogens is 796 g/mol. The highest BCUT2D eigenvalue weighted by atomic mass is 35.5. The first-order valence-corrected chi connectivity index (χ1v) is 20.5. The fourth-order valence-electron chi connectivity index (χ4n) is 8.64. The Hall–Kier alpha value is -5.32. The predicted octanol–water partition coefficient (Wildman–Crippen LogP) is 5.55. The van der Waals surface area contributed by atoms with Gasteiger partial charge in [0.15, 0.2) is 0 Å². The van der Waals surface area contributed by atoms with E-state index in [0.717, 1.165) is 75.3 Å². The van der Waals surface area contributed by atoms with E-state index in [9.17, 15) is 14.0 Å². The van der Waals surface area contributed by atoms with Crippen LogP contribution in [0.15, 0.2) is 90.5 Å². The number of nitrogens with zero attached hydrogens (tertiary/aromatic N) is 8. The third kappa shape index (κ3) is 9.35. The minimum Gasteiger partial charge on any atom is -0.493 e. The number of ether oxygens (including phenoxy) is 3. The van der Waals surface area contributed by atoms with Gasteiger partial charge >= 0.3 is 11.7 Å². The number of benzene rings is 3. The Bertz CT molecular complexity index is 2230. The molecule has 3 saturated heterocycles. The van der Waals surface area contributed by atoms with Gasteiger partial charge in [0.05, 0.1) is 37.4 Å². The van der Waals surface area contributed by atoms with Gasteiger partial charge in [0.1, 0.15) is 48.1 Å². The van der Waals surface area contributed by atoms with Crippen LogP contribution < -0.4 is 25.5 Å². The van der Waals surface area contributed by atoms with Gasteiger partial charge in [-0.3, -0.25) is 4.79 Å². The molecule has 0 radical (unpaired) electrons. The van der Waals surface area contributed by atoms with Crippen molar-refractivity contribution < 1.29 is 27.8 Å². The van der Waals surface area contributed by atoms with Crippen molar-refractivity contribution >= 4 is 29.8 Å². The van der Waals surface area contributed by atoms with Crippen molar-refractivity contribution in [2.75, 3.05) is 62.3 Å². The molecule has 17 heteroatoms. The van der Waals surface area contributed by atoms with Gasteiger partial charge < -0.3 is 29.3 Å². The number of piperidine rings is 1. The Morgan fingerprint density at radius 3 is 2.23 bits per heavy atom. The summed E-state index contributed by atoms with van der Waals surface area (Å²) in [5.41, 5.74) is 1.89. The molecule has 3 aromatic carbocycles. The van der Waals surface area contributed by atoms with E-state index >= 15 is 4.39 Å². The van der Waals surface area contributed by atoms with Crippen LogP contribution in [0.3, 0.4) is 0 Å². The van der Waals surface area contributed by atoms with Gasteiger partial charge in [-0.1, -0.05) is 13.0 Å². The lowest BCUT2D eigenvalue weighted by Crippen LogP contribution is -2.46. The second-order valence-electron chi connectivity index (χ2n) is 15.8. The molecule has 2 aromatic heterocycles. The van der Waals surface area contributed by atoms with Crippen LogP contribution in [-0.4, -0.2) is 93.7 Å². The standard InChI is InChI=1S/C43H51F2N9O5.ClH/c1-3-40(30(2)59-41(55)32-14-16-46-17-15-32)54-42(56)53(29-49-54)36-7-5-34(6-8-36)50-18-20-51(21-19-50)35-9-11-37(12-10-35)57-24-31-23-43(58-25-31,26-52-28-47-27-48-52)38-13-4-33(44)22-39(38)45;/h4-13,22,27-32,40,46H,3,14-21,23-26H2,1-2H3;1H/t30-,31+,40-,43-;/m0./s1. The number of esters is 1. The number of rotatable bonds is 14. The van der Waals surface area contributed by atoms with Crippen molar-refractivity contribution in [2.45, 2.75) is 63.8 Å². The molecule has 14 nitrogen and oxygen atoms in total. The third-order valence-electron chi connectivity index (χ3n) is 11.9. The SMILES string of the molecule is CC[C@@H]([C@H](C)OC(=O)C1CCNCC1)n1ncn(-c2ccc(N3CCN(c4ccc(OC[C@@H]5CO[C@@](Cn6cncn6)(c6ccc(F)cc6F)C5)cc4)CC3)cc2)c1=O.Cl. The second-order valence-corrected chi connectivity index (χ2v) is 15.8. The zero-order valence-corrected chi connectivity index (χ0v) is 34.7. The van der Waals surface area contributed by atoms with E-state index in [2.05, 4.69) is 42.4 Å². The van der Waals surface area contributed by atoms with Crippen LogP contribution >= 0.6 is 12.4 Å². The third-order valence-corrected chi connectivity index (χ3v) is 11.9. The molecule has 3 aliphatic heterocycles. The molecule has 8 rings (SSSR count). The minimum absolute atomic E-state index is 0. The van der Waals surface area contributed by atoms with Gasteiger partial charge in [-0.2, -0.15) is 10.2 Å². The molecule has 0 bridgehead atoms. The molecule has 0 saturated carbocycles. The molecule has 4 atom stereocenters. The molecule has 0 unspecified atom stereocenters. The Morgan fingerprint density at radius 2 is 1.60 bits per heavy atom. The molecule has 5 heterocycles. The molecule has 320 valence electrons. The molecule has 5 aromatic rings. The first kappa shape index (κ1) is 42.8. The van der Waals surface area contributed by atoms with Gasteiger partial charge in [-0.05, 0) is 100 Å². The van der Waals surface area contributed by atoms with Crippen molar-refractivity contribution in [3.05, 3.63) is 113 Å². The highest BCUT2D eigenvalue weighted by Crippen LogP contribution is 2.42. The zero-order chi connectivity index (χ0) is 40.9. The van der Waals surface area contributed by atoms with E-state index in [1.54, 1.807) is 11.0 Å². The Morgan fingerprint density at radius 1 is 0.933 bits per heavy atom. The quantitative estimate of drug-likeness (QED) is 0.141. The maximum Gasteiger partial charge on any atom is 0.350 e. The van der Waals surface area contributed by atoms with E-state index < -0.39 is 23.3 Å². The summed E-state index contributed by atoms with van der Waals surface area (Å²) < 4.78 is 51.7. The monoisotopic (exact) mass is 847 g/mol. The number of piperazine rings is 1. The lowest BCUT2D eigenvalue weighted by molar-refractivity contribution is -0.156. The van der Waals surface area contributed by atoms with E-state index in [1.165, 1.54) is 34.0 Å². The number of aromatic nitrogens is 6. The Kier molecular flexibility index (Phi) is 13.5. The molecule has 60 heavy (non-hydrogen) atoms. The maximum absolute atomic E-state index is 15.0. The van der Waals surface area contributed by atoms with Crippen LogP contribution in [0.1, 0.15) is 51.1 Å². The topological polar surface area (TPSA) is 134 Å². The van der Waals surface area contributed by atoms with E-state index in [1.807, 2.05) is 50.2 Å². The summed E-state index contributed by atoms with van der Waals surface area (Å²) in [6, 6.07) is 19.2. The molecular formula is C43H52ClF2N9O5. The van der Waals surface area contributed by atoms with Crippen LogP contribution in [0, 0.1) is 23.5 Å². The van der Waals surface area contributed by atoms with E-state index in [-0.39, 0.29) is 48.5 Å². The molecule has 3 fully saturated rings. The number of anilines is 2. The highest BCUT2D eigenvalue weighted by molar-refractivity contribution is 5.85. The van der Waals surface area contributed by atoms with Gasteiger partial charge in [-0.15, -0.1) is 12.4 Å². The van der Waals surface area contributed by atoms with Crippen LogP contribution in [0.4, 0.5) is 20.2 Å². The first-order valence-electron chi connectivity index (χ1n) is 20.5. The van der Waals surface area contributed by atoms with Gasteiger partial charge in [-0.25, -0.2) is 32.5 Å². The molecule has 3 aliphatic rings. The fraction of sp³-hybridized carbons (Fsp3) is 0.465. The summed E-state index contributed by atoms with van der Waals surface area (Å²) in [5, 5.41) is 11.9. The molecule has 0 spiro atoms. The molecule has 0 amide bonds. The second kappa shape index (κ2) is 18.9. The zero-order valence-electron chi connectivity index (χ0n) is 33.9. The minimum atomic E-state index is -1.03. The smallest absolute Gasteiger partial charge is 0.350 e.